The van der Waals surface area contributed by atoms with E-state index in [9.17, 15) is 14.4 Å². The fourth-order valence-electron chi connectivity index (χ4n) is 3.54. The Morgan fingerprint density at radius 1 is 1.29 bits per heavy atom. The van der Waals surface area contributed by atoms with Crippen molar-refractivity contribution >= 4 is 17.8 Å². The van der Waals surface area contributed by atoms with E-state index in [-0.39, 0.29) is 18.4 Å². The summed E-state index contributed by atoms with van der Waals surface area (Å²) in [5, 5.41) is 5.60. The summed E-state index contributed by atoms with van der Waals surface area (Å²) >= 11 is 0. The number of hydrogen-bond acceptors (Lipinski definition) is 3. The fraction of sp³-hybridized carbons (Fsp3) is 0.500. The molecule has 4 amide bonds. The summed E-state index contributed by atoms with van der Waals surface area (Å²) in [7, 11) is 0. The van der Waals surface area contributed by atoms with Gasteiger partial charge in [0.2, 0.25) is 5.91 Å². The minimum absolute atomic E-state index is 0.222. The molecule has 6 nitrogen and oxygen atoms in total. The number of nitrogens with zero attached hydrogens (tertiary/aromatic N) is 1. The molecule has 0 bridgehead atoms. The van der Waals surface area contributed by atoms with Gasteiger partial charge in [-0.05, 0) is 30.4 Å². The molecule has 1 fully saturated rings. The number of fused-ring (bicyclic) bond motifs is 2. The van der Waals surface area contributed by atoms with Crippen molar-refractivity contribution in [2.75, 3.05) is 13.1 Å². The molecule has 0 aromatic heterocycles. The second-order valence-corrected chi connectivity index (χ2v) is 6.44. The predicted molar refractivity (Wildman–Crippen MR) is 89.2 cm³/mol. The lowest BCUT2D eigenvalue weighted by Gasteiger charge is -2.22. The van der Waals surface area contributed by atoms with Crippen LogP contribution in [-0.2, 0) is 21.5 Å². The van der Waals surface area contributed by atoms with Gasteiger partial charge in [-0.1, -0.05) is 44.0 Å². The number of benzene rings is 1. The van der Waals surface area contributed by atoms with Crippen LogP contribution < -0.4 is 10.6 Å². The number of urea groups is 1. The van der Waals surface area contributed by atoms with E-state index < -0.39 is 11.6 Å². The summed E-state index contributed by atoms with van der Waals surface area (Å²) in [5.74, 6) is -0.612. The van der Waals surface area contributed by atoms with Crippen LogP contribution >= 0.6 is 0 Å². The zero-order valence-corrected chi connectivity index (χ0v) is 13.9. The number of hydrogen-bond donors (Lipinski definition) is 2. The molecular formula is C18H23N3O3. The molecule has 0 unspecified atom stereocenters. The lowest BCUT2D eigenvalue weighted by atomic mass is 9.92. The first-order valence-electron chi connectivity index (χ1n) is 8.57. The van der Waals surface area contributed by atoms with E-state index in [1.807, 2.05) is 24.3 Å². The van der Waals surface area contributed by atoms with Crippen LogP contribution in [0.3, 0.4) is 0 Å². The minimum Gasteiger partial charge on any atom is -0.355 e. The van der Waals surface area contributed by atoms with Gasteiger partial charge in [-0.15, -0.1) is 0 Å². The van der Waals surface area contributed by atoms with Crippen molar-refractivity contribution in [3.63, 3.8) is 0 Å². The van der Waals surface area contributed by atoms with Gasteiger partial charge >= 0.3 is 6.03 Å². The van der Waals surface area contributed by atoms with Crippen molar-refractivity contribution in [3.8, 4) is 0 Å². The largest absolute Gasteiger partial charge is 0.355 e. The van der Waals surface area contributed by atoms with Crippen LogP contribution in [0.25, 0.3) is 0 Å². The smallest absolute Gasteiger partial charge is 0.325 e. The Morgan fingerprint density at radius 3 is 2.88 bits per heavy atom. The maximum atomic E-state index is 12.9. The number of unbranched alkanes of at least 4 members (excludes halogenated alkanes) is 2. The number of aryl methyl sites for hydroxylation is 1. The first kappa shape index (κ1) is 16.5. The van der Waals surface area contributed by atoms with Gasteiger partial charge in [0.15, 0.2) is 0 Å². The van der Waals surface area contributed by atoms with Crippen LogP contribution in [-0.4, -0.2) is 35.8 Å². The van der Waals surface area contributed by atoms with E-state index >= 15 is 0 Å². The lowest BCUT2D eigenvalue weighted by Crippen LogP contribution is -2.44. The van der Waals surface area contributed by atoms with Crippen LogP contribution in [0.1, 0.15) is 43.7 Å². The van der Waals surface area contributed by atoms with Gasteiger partial charge in [-0.2, -0.15) is 0 Å². The second-order valence-electron chi connectivity index (χ2n) is 6.44. The minimum atomic E-state index is -0.990. The molecule has 0 radical (unpaired) electrons. The molecule has 2 aliphatic rings. The Bertz CT molecular complexity index is 673. The van der Waals surface area contributed by atoms with E-state index in [1.54, 1.807) is 0 Å². The van der Waals surface area contributed by atoms with Crippen LogP contribution in [0.15, 0.2) is 24.3 Å². The Balaban J connectivity index is 1.68. The first-order valence-corrected chi connectivity index (χ1v) is 8.57. The molecule has 2 N–H and O–H groups in total. The number of amides is 4. The van der Waals surface area contributed by atoms with Gasteiger partial charge in [0.25, 0.3) is 5.91 Å². The molecular weight excluding hydrogens is 306 g/mol. The van der Waals surface area contributed by atoms with E-state index in [1.165, 1.54) is 0 Å². The van der Waals surface area contributed by atoms with E-state index in [2.05, 4.69) is 17.6 Å². The molecule has 1 saturated heterocycles. The van der Waals surface area contributed by atoms with Crippen molar-refractivity contribution in [2.24, 2.45) is 0 Å². The number of rotatable bonds is 6. The highest BCUT2D eigenvalue weighted by atomic mass is 16.2. The molecule has 1 aliphatic heterocycles. The third kappa shape index (κ3) is 2.77. The van der Waals surface area contributed by atoms with Crippen LogP contribution in [0.2, 0.25) is 0 Å². The second kappa shape index (κ2) is 6.63. The zero-order chi connectivity index (χ0) is 17.2. The quantitative estimate of drug-likeness (QED) is 0.616. The fourth-order valence-corrected chi connectivity index (χ4v) is 3.54. The molecule has 0 saturated carbocycles. The van der Waals surface area contributed by atoms with Crippen LogP contribution in [0.5, 0.6) is 0 Å². The highest BCUT2D eigenvalue weighted by Crippen LogP contribution is 2.41. The van der Waals surface area contributed by atoms with Gasteiger partial charge in [0.05, 0.1) is 0 Å². The van der Waals surface area contributed by atoms with Gasteiger partial charge < -0.3 is 10.6 Å². The highest BCUT2D eigenvalue weighted by molar-refractivity contribution is 6.09. The van der Waals surface area contributed by atoms with Crippen LogP contribution in [0, 0.1) is 0 Å². The summed E-state index contributed by atoms with van der Waals surface area (Å²) in [4.78, 5) is 38.2. The molecule has 1 atom stereocenters. The molecule has 1 aliphatic carbocycles. The van der Waals surface area contributed by atoms with Crippen molar-refractivity contribution in [1.82, 2.24) is 15.5 Å². The van der Waals surface area contributed by atoms with Crippen molar-refractivity contribution in [2.45, 2.75) is 44.6 Å². The van der Waals surface area contributed by atoms with Gasteiger partial charge in [-0.25, -0.2) is 4.79 Å². The van der Waals surface area contributed by atoms with Crippen molar-refractivity contribution < 1.29 is 14.4 Å². The molecule has 1 heterocycles. The number of nitrogens with one attached hydrogen (secondary N) is 2. The molecule has 1 spiro atoms. The van der Waals surface area contributed by atoms with Crippen molar-refractivity contribution in [1.29, 1.82) is 0 Å². The maximum absolute atomic E-state index is 12.9. The normalized spacial score (nSPS) is 22.0. The van der Waals surface area contributed by atoms with Gasteiger partial charge in [-0.3, -0.25) is 14.5 Å². The summed E-state index contributed by atoms with van der Waals surface area (Å²) in [5.41, 5.74) is 0.946. The van der Waals surface area contributed by atoms with Crippen molar-refractivity contribution in [3.05, 3.63) is 35.4 Å². The van der Waals surface area contributed by atoms with Gasteiger partial charge in [0.1, 0.15) is 12.1 Å². The number of carbonyl (C=O) groups excluding carboxylic acids is 3. The third-order valence-corrected chi connectivity index (χ3v) is 4.83. The molecule has 3 rings (SSSR count). The highest BCUT2D eigenvalue weighted by Gasteiger charge is 2.55. The summed E-state index contributed by atoms with van der Waals surface area (Å²) in [6, 6.07) is 7.18. The molecule has 6 heteroatoms. The monoisotopic (exact) mass is 329 g/mol. The lowest BCUT2D eigenvalue weighted by molar-refractivity contribution is -0.135. The Kier molecular flexibility index (Phi) is 4.55. The maximum Gasteiger partial charge on any atom is 0.325 e. The average molecular weight is 329 g/mol. The number of carbonyl (C=O) groups is 3. The number of imide groups is 1. The Labute approximate surface area is 141 Å². The summed E-state index contributed by atoms with van der Waals surface area (Å²) in [6.07, 6.45) is 4.32. The predicted octanol–water partition coefficient (Wildman–Crippen LogP) is 1.69. The topological polar surface area (TPSA) is 78.5 Å². The molecule has 128 valence electrons. The standard InChI is InChI=1S/C18H23N3O3/c1-2-3-6-11-19-15(22)12-21-16(23)18(20-17(21)24)10-9-13-7-4-5-8-14(13)18/h4-5,7-8H,2-3,6,9-12H2,1H3,(H,19,22)(H,20,24)/t18-/m0/s1. The van der Waals surface area contributed by atoms with Gasteiger partial charge in [0, 0.05) is 6.54 Å². The van der Waals surface area contributed by atoms with E-state index in [4.69, 9.17) is 0 Å². The third-order valence-electron chi connectivity index (χ3n) is 4.83. The molecule has 24 heavy (non-hydrogen) atoms. The molecule has 1 aromatic carbocycles. The SMILES string of the molecule is CCCCCNC(=O)CN1C(=O)N[C@]2(CCc3ccccc32)C1=O. The summed E-state index contributed by atoms with van der Waals surface area (Å²) < 4.78 is 0. The Hall–Kier alpha value is -2.37. The van der Waals surface area contributed by atoms with E-state index in [0.29, 0.717) is 13.0 Å². The zero-order valence-electron chi connectivity index (χ0n) is 13.9. The van der Waals surface area contributed by atoms with Crippen LogP contribution in [0.4, 0.5) is 4.79 Å². The molecule has 1 aromatic rings. The average Bonchev–Trinajstić information content (AvgIpc) is 3.06. The summed E-state index contributed by atoms with van der Waals surface area (Å²) in [6.45, 7) is 2.44. The van der Waals surface area contributed by atoms with E-state index in [0.717, 1.165) is 41.7 Å². The Morgan fingerprint density at radius 2 is 2.08 bits per heavy atom. The first-order chi connectivity index (χ1) is 11.6.